The molecule has 0 saturated carbocycles. The molecule has 0 amide bonds. The van der Waals surface area contributed by atoms with Crippen molar-refractivity contribution in [3.63, 3.8) is 0 Å². The number of hydrogen-bond acceptors (Lipinski definition) is 3. The molecule has 2 N–H and O–H groups in total. The molecule has 2 nitrogen and oxygen atoms in total. The van der Waals surface area contributed by atoms with Gasteiger partial charge in [-0.25, -0.2) is 4.98 Å². The quantitative estimate of drug-likeness (QED) is 0.914. The Morgan fingerprint density at radius 2 is 1.88 bits per heavy atom. The SMILES string of the molecule is C[C@H](N)c1ccc(Sc2ccc(Cl)cn2)cc1. The first-order valence-corrected chi connectivity index (χ1v) is 6.49. The van der Waals surface area contributed by atoms with Crippen LogP contribution >= 0.6 is 23.4 Å². The molecule has 0 unspecified atom stereocenters. The Hall–Kier alpha value is -1.03. The third-order valence-corrected chi connectivity index (χ3v) is 3.51. The van der Waals surface area contributed by atoms with Gasteiger partial charge in [-0.2, -0.15) is 0 Å². The molecule has 0 aliphatic rings. The fourth-order valence-corrected chi connectivity index (χ4v) is 2.25. The average molecular weight is 265 g/mol. The smallest absolute Gasteiger partial charge is 0.101 e. The molecule has 1 aromatic heterocycles. The van der Waals surface area contributed by atoms with Crippen LogP contribution < -0.4 is 5.73 Å². The van der Waals surface area contributed by atoms with Crippen molar-refractivity contribution in [2.24, 2.45) is 5.73 Å². The van der Waals surface area contributed by atoms with Crippen molar-refractivity contribution in [1.29, 1.82) is 0 Å². The molecular formula is C13H13ClN2S. The predicted molar refractivity (Wildman–Crippen MR) is 72.4 cm³/mol. The number of benzene rings is 1. The molecule has 0 aliphatic heterocycles. The fourth-order valence-electron chi connectivity index (χ4n) is 1.38. The zero-order valence-electron chi connectivity index (χ0n) is 9.43. The second kappa shape index (κ2) is 5.54. The molecule has 0 bridgehead atoms. The summed E-state index contributed by atoms with van der Waals surface area (Å²) in [5.74, 6) is 0. The van der Waals surface area contributed by atoms with Crippen LogP contribution in [0.3, 0.4) is 0 Å². The van der Waals surface area contributed by atoms with Crippen LogP contribution in [-0.2, 0) is 0 Å². The van der Waals surface area contributed by atoms with Gasteiger partial charge in [0.1, 0.15) is 5.03 Å². The number of halogens is 1. The first kappa shape index (κ1) is 12.4. The molecular weight excluding hydrogens is 252 g/mol. The molecule has 0 spiro atoms. The molecule has 1 aromatic carbocycles. The van der Waals surface area contributed by atoms with Crippen LogP contribution in [0.2, 0.25) is 5.02 Å². The van der Waals surface area contributed by atoms with E-state index in [1.807, 2.05) is 31.2 Å². The molecule has 0 radical (unpaired) electrons. The van der Waals surface area contributed by atoms with E-state index in [0.717, 1.165) is 15.5 Å². The normalized spacial score (nSPS) is 12.4. The summed E-state index contributed by atoms with van der Waals surface area (Å²) in [5.41, 5.74) is 6.94. The van der Waals surface area contributed by atoms with Crippen molar-refractivity contribution >= 4 is 23.4 Å². The van der Waals surface area contributed by atoms with E-state index in [1.54, 1.807) is 18.0 Å². The van der Waals surface area contributed by atoms with Gasteiger partial charge in [0.2, 0.25) is 0 Å². The second-order valence-corrected chi connectivity index (χ2v) is 5.30. The molecule has 2 aromatic rings. The molecule has 0 fully saturated rings. The van der Waals surface area contributed by atoms with Crippen LogP contribution in [0.4, 0.5) is 0 Å². The highest BCUT2D eigenvalue weighted by Crippen LogP contribution is 2.27. The highest BCUT2D eigenvalue weighted by Gasteiger charge is 2.01. The number of rotatable bonds is 3. The molecule has 17 heavy (non-hydrogen) atoms. The molecule has 0 aliphatic carbocycles. The molecule has 1 heterocycles. The summed E-state index contributed by atoms with van der Waals surface area (Å²) in [6.07, 6.45) is 1.65. The summed E-state index contributed by atoms with van der Waals surface area (Å²) in [6, 6.07) is 12.0. The Morgan fingerprint density at radius 3 is 2.41 bits per heavy atom. The monoisotopic (exact) mass is 264 g/mol. The first-order chi connectivity index (χ1) is 8.15. The van der Waals surface area contributed by atoms with Crippen molar-refractivity contribution < 1.29 is 0 Å². The number of nitrogens with zero attached hydrogens (tertiary/aromatic N) is 1. The molecule has 1 atom stereocenters. The summed E-state index contributed by atoms with van der Waals surface area (Å²) >= 11 is 7.39. The van der Waals surface area contributed by atoms with Gasteiger partial charge in [-0.1, -0.05) is 35.5 Å². The Balaban J connectivity index is 2.11. The van der Waals surface area contributed by atoms with Crippen LogP contribution in [0.15, 0.2) is 52.5 Å². The lowest BCUT2D eigenvalue weighted by atomic mass is 10.1. The van der Waals surface area contributed by atoms with Crippen LogP contribution in [0, 0.1) is 0 Å². The Bertz CT molecular complexity index is 480. The lowest BCUT2D eigenvalue weighted by Crippen LogP contribution is -2.04. The fraction of sp³-hybridized carbons (Fsp3) is 0.154. The minimum absolute atomic E-state index is 0.0720. The standard InChI is InChI=1S/C13H13ClN2S/c1-9(15)10-2-5-12(6-3-10)17-13-7-4-11(14)8-16-13/h2-9H,15H2,1H3/t9-/m0/s1. The van der Waals surface area contributed by atoms with Gasteiger partial charge in [0, 0.05) is 17.1 Å². The maximum absolute atomic E-state index is 5.80. The van der Waals surface area contributed by atoms with Crippen LogP contribution in [0.5, 0.6) is 0 Å². The van der Waals surface area contributed by atoms with Gasteiger partial charge in [-0.15, -0.1) is 0 Å². The maximum atomic E-state index is 5.80. The Morgan fingerprint density at radius 1 is 1.18 bits per heavy atom. The van der Waals surface area contributed by atoms with Gasteiger partial charge < -0.3 is 5.73 Å². The molecule has 2 rings (SSSR count). The minimum atomic E-state index is 0.0720. The van der Waals surface area contributed by atoms with Crippen molar-refractivity contribution in [2.75, 3.05) is 0 Å². The van der Waals surface area contributed by atoms with E-state index in [9.17, 15) is 0 Å². The van der Waals surface area contributed by atoms with E-state index in [4.69, 9.17) is 17.3 Å². The largest absolute Gasteiger partial charge is 0.324 e. The van der Waals surface area contributed by atoms with E-state index in [0.29, 0.717) is 5.02 Å². The Labute approximate surface area is 110 Å². The third kappa shape index (κ3) is 3.46. The lowest BCUT2D eigenvalue weighted by molar-refractivity contribution is 0.817. The highest BCUT2D eigenvalue weighted by molar-refractivity contribution is 7.99. The highest BCUT2D eigenvalue weighted by atomic mass is 35.5. The van der Waals surface area contributed by atoms with E-state index < -0.39 is 0 Å². The van der Waals surface area contributed by atoms with Crippen LogP contribution in [0.1, 0.15) is 18.5 Å². The summed E-state index contributed by atoms with van der Waals surface area (Å²) in [5, 5.41) is 1.59. The predicted octanol–water partition coefficient (Wildman–Crippen LogP) is 3.91. The van der Waals surface area contributed by atoms with Gasteiger partial charge in [0.05, 0.1) is 5.02 Å². The molecule has 0 saturated heterocycles. The van der Waals surface area contributed by atoms with Gasteiger partial charge in [0.15, 0.2) is 0 Å². The van der Waals surface area contributed by atoms with Gasteiger partial charge in [-0.3, -0.25) is 0 Å². The van der Waals surface area contributed by atoms with E-state index in [1.165, 1.54) is 0 Å². The average Bonchev–Trinajstić information content (AvgIpc) is 2.33. The molecule has 88 valence electrons. The number of nitrogens with two attached hydrogens (primary N) is 1. The number of hydrogen-bond donors (Lipinski definition) is 1. The van der Waals surface area contributed by atoms with Gasteiger partial charge in [0.25, 0.3) is 0 Å². The van der Waals surface area contributed by atoms with Crippen LogP contribution in [0.25, 0.3) is 0 Å². The van der Waals surface area contributed by atoms with Gasteiger partial charge in [-0.05, 0) is 36.8 Å². The summed E-state index contributed by atoms with van der Waals surface area (Å²) < 4.78 is 0. The Kier molecular flexibility index (Phi) is 4.05. The van der Waals surface area contributed by atoms with Gasteiger partial charge >= 0.3 is 0 Å². The first-order valence-electron chi connectivity index (χ1n) is 5.30. The van der Waals surface area contributed by atoms with E-state index in [-0.39, 0.29) is 6.04 Å². The number of pyridine rings is 1. The summed E-state index contributed by atoms with van der Waals surface area (Å²) in [4.78, 5) is 5.38. The zero-order valence-corrected chi connectivity index (χ0v) is 11.0. The summed E-state index contributed by atoms with van der Waals surface area (Å²) in [6.45, 7) is 1.98. The second-order valence-electron chi connectivity index (χ2n) is 3.77. The third-order valence-electron chi connectivity index (χ3n) is 2.33. The topological polar surface area (TPSA) is 38.9 Å². The summed E-state index contributed by atoms with van der Waals surface area (Å²) in [7, 11) is 0. The minimum Gasteiger partial charge on any atom is -0.324 e. The van der Waals surface area contributed by atoms with Crippen molar-refractivity contribution in [1.82, 2.24) is 4.98 Å². The van der Waals surface area contributed by atoms with E-state index in [2.05, 4.69) is 17.1 Å². The lowest BCUT2D eigenvalue weighted by Gasteiger charge is -2.06. The van der Waals surface area contributed by atoms with E-state index >= 15 is 0 Å². The number of aromatic nitrogens is 1. The zero-order chi connectivity index (χ0) is 12.3. The van der Waals surface area contributed by atoms with Crippen molar-refractivity contribution in [3.8, 4) is 0 Å². The van der Waals surface area contributed by atoms with Crippen molar-refractivity contribution in [3.05, 3.63) is 53.2 Å². The molecule has 4 heteroatoms. The maximum Gasteiger partial charge on any atom is 0.101 e. The van der Waals surface area contributed by atoms with Crippen LogP contribution in [-0.4, -0.2) is 4.98 Å². The van der Waals surface area contributed by atoms with Crippen molar-refractivity contribution in [2.45, 2.75) is 22.9 Å².